The Labute approximate surface area is 139 Å². The summed E-state index contributed by atoms with van der Waals surface area (Å²) in [6.45, 7) is 6.71. The molecule has 0 aliphatic heterocycles. The Morgan fingerprint density at radius 2 is 0.955 bits per heavy atom. The second kappa shape index (κ2) is 12.7. The summed E-state index contributed by atoms with van der Waals surface area (Å²) < 4.78 is 0. The highest BCUT2D eigenvalue weighted by Crippen LogP contribution is 2.15. The van der Waals surface area contributed by atoms with E-state index < -0.39 is 0 Å². The van der Waals surface area contributed by atoms with Gasteiger partial charge in [-0.2, -0.15) is 0 Å². The topological polar surface area (TPSA) is 0 Å². The number of unbranched alkanes of at least 4 members (excludes halogenated alkanes) is 11. The SMILES string of the molecule is CCCCCCCCCCCCCCc1cc(C)cc(C)c1. The van der Waals surface area contributed by atoms with E-state index in [1.165, 1.54) is 100 Å². The maximum Gasteiger partial charge on any atom is -0.0279 e. The van der Waals surface area contributed by atoms with Crippen molar-refractivity contribution < 1.29 is 0 Å². The molecular weight excluding hydrogens is 264 g/mol. The number of hydrogen-bond acceptors (Lipinski definition) is 0. The molecule has 1 aromatic rings. The van der Waals surface area contributed by atoms with Crippen molar-refractivity contribution >= 4 is 0 Å². The van der Waals surface area contributed by atoms with Gasteiger partial charge in [0.05, 0.1) is 0 Å². The average molecular weight is 303 g/mol. The second-order valence-corrected chi connectivity index (χ2v) is 7.14. The van der Waals surface area contributed by atoms with Crippen LogP contribution in [0.2, 0.25) is 0 Å². The largest absolute Gasteiger partial charge is 0.0654 e. The van der Waals surface area contributed by atoms with Gasteiger partial charge in [-0.15, -0.1) is 0 Å². The molecule has 22 heavy (non-hydrogen) atoms. The van der Waals surface area contributed by atoms with Crippen LogP contribution in [0.3, 0.4) is 0 Å². The van der Waals surface area contributed by atoms with Crippen LogP contribution in [0.5, 0.6) is 0 Å². The van der Waals surface area contributed by atoms with Crippen molar-refractivity contribution in [3.05, 3.63) is 34.9 Å². The summed E-state index contributed by atoms with van der Waals surface area (Å²) in [5, 5.41) is 0. The highest BCUT2D eigenvalue weighted by atomic mass is 14.0. The van der Waals surface area contributed by atoms with E-state index in [1.807, 2.05) is 0 Å². The van der Waals surface area contributed by atoms with Crippen molar-refractivity contribution in [2.24, 2.45) is 0 Å². The smallest absolute Gasteiger partial charge is 0.0279 e. The van der Waals surface area contributed by atoms with Crippen LogP contribution in [0, 0.1) is 13.8 Å². The molecule has 1 aromatic carbocycles. The first kappa shape index (κ1) is 19.3. The molecule has 0 heteroatoms. The van der Waals surface area contributed by atoms with Crippen LogP contribution in [-0.2, 0) is 6.42 Å². The summed E-state index contributed by atoms with van der Waals surface area (Å²) in [5.41, 5.74) is 4.35. The van der Waals surface area contributed by atoms with Gasteiger partial charge in [0.2, 0.25) is 0 Å². The minimum Gasteiger partial charge on any atom is -0.0654 e. The van der Waals surface area contributed by atoms with E-state index >= 15 is 0 Å². The quantitative estimate of drug-likeness (QED) is 0.330. The van der Waals surface area contributed by atoms with Crippen molar-refractivity contribution in [1.29, 1.82) is 0 Å². The summed E-state index contributed by atoms with van der Waals surface area (Å²) in [5.74, 6) is 0. The Morgan fingerprint density at radius 1 is 0.545 bits per heavy atom. The number of hydrogen-bond donors (Lipinski definition) is 0. The summed E-state index contributed by atoms with van der Waals surface area (Å²) >= 11 is 0. The molecule has 0 amide bonds. The molecule has 0 saturated heterocycles. The van der Waals surface area contributed by atoms with Crippen molar-refractivity contribution in [3.63, 3.8) is 0 Å². The minimum atomic E-state index is 1.26. The van der Waals surface area contributed by atoms with Gasteiger partial charge in [0.25, 0.3) is 0 Å². The van der Waals surface area contributed by atoms with E-state index in [9.17, 15) is 0 Å². The standard InChI is InChI=1S/C22H38/c1-4-5-6-7-8-9-10-11-12-13-14-15-16-22-18-20(2)17-21(3)19-22/h17-19H,4-16H2,1-3H3. The molecule has 0 N–H and O–H groups in total. The van der Waals surface area contributed by atoms with Crippen LogP contribution < -0.4 is 0 Å². The zero-order valence-corrected chi connectivity index (χ0v) is 15.4. The fraction of sp³-hybridized carbons (Fsp3) is 0.727. The van der Waals surface area contributed by atoms with E-state index in [-0.39, 0.29) is 0 Å². The van der Waals surface area contributed by atoms with Gasteiger partial charge in [0.15, 0.2) is 0 Å². The monoisotopic (exact) mass is 302 g/mol. The Hall–Kier alpha value is -0.780. The second-order valence-electron chi connectivity index (χ2n) is 7.14. The Kier molecular flexibility index (Phi) is 11.2. The summed E-state index contributed by atoms with van der Waals surface area (Å²) in [7, 11) is 0. The molecule has 126 valence electrons. The Morgan fingerprint density at radius 3 is 1.41 bits per heavy atom. The van der Waals surface area contributed by atoms with Crippen molar-refractivity contribution in [2.75, 3.05) is 0 Å². The Bertz CT molecular complexity index is 357. The molecule has 0 atom stereocenters. The first-order valence-corrected chi connectivity index (χ1v) is 9.79. The fourth-order valence-corrected chi connectivity index (χ4v) is 3.38. The molecule has 0 aliphatic rings. The van der Waals surface area contributed by atoms with Crippen molar-refractivity contribution in [2.45, 2.75) is 104 Å². The third-order valence-electron chi connectivity index (χ3n) is 4.60. The van der Waals surface area contributed by atoms with E-state index in [0.717, 1.165) is 0 Å². The van der Waals surface area contributed by atoms with Gasteiger partial charge in [-0.3, -0.25) is 0 Å². The van der Waals surface area contributed by atoms with Gasteiger partial charge < -0.3 is 0 Å². The third kappa shape index (κ3) is 10.0. The maximum absolute atomic E-state index is 2.35. The van der Waals surface area contributed by atoms with Crippen LogP contribution in [0.1, 0.15) is 101 Å². The highest BCUT2D eigenvalue weighted by Gasteiger charge is 1.97. The minimum absolute atomic E-state index is 1.26. The van der Waals surface area contributed by atoms with Gasteiger partial charge in [0, 0.05) is 0 Å². The van der Waals surface area contributed by atoms with Gasteiger partial charge in [0.1, 0.15) is 0 Å². The molecule has 0 heterocycles. The molecule has 0 aromatic heterocycles. The van der Waals surface area contributed by atoms with Crippen LogP contribution >= 0.6 is 0 Å². The number of benzene rings is 1. The molecule has 0 nitrogen and oxygen atoms in total. The predicted octanol–water partition coefficient (Wildman–Crippen LogP) is 7.55. The lowest BCUT2D eigenvalue weighted by molar-refractivity contribution is 0.544. The normalized spacial score (nSPS) is 11.0. The number of aryl methyl sites for hydroxylation is 3. The molecule has 0 aliphatic carbocycles. The first-order valence-electron chi connectivity index (χ1n) is 9.79. The zero-order chi connectivity index (χ0) is 16.0. The zero-order valence-electron chi connectivity index (χ0n) is 15.4. The van der Waals surface area contributed by atoms with Gasteiger partial charge in [-0.05, 0) is 32.3 Å². The van der Waals surface area contributed by atoms with Crippen LogP contribution in [0.15, 0.2) is 18.2 Å². The molecule has 0 fully saturated rings. The molecule has 0 saturated carbocycles. The predicted molar refractivity (Wildman–Crippen MR) is 101 cm³/mol. The average Bonchev–Trinajstić information content (AvgIpc) is 2.47. The van der Waals surface area contributed by atoms with E-state index in [0.29, 0.717) is 0 Å². The van der Waals surface area contributed by atoms with Crippen LogP contribution in [0.25, 0.3) is 0 Å². The summed E-state index contributed by atoms with van der Waals surface area (Å²) in [6, 6.07) is 6.98. The van der Waals surface area contributed by atoms with E-state index in [4.69, 9.17) is 0 Å². The van der Waals surface area contributed by atoms with E-state index in [2.05, 4.69) is 39.0 Å². The van der Waals surface area contributed by atoms with Gasteiger partial charge >= 0.3 is 0 Å². The van der Waals surface area contributed by atoms with Crippen LogP contribution in [-0.4, -0.2) is 0 Å². The van der Waals surface area contributed by atoms with Gasteiger partial charge in [-0.25, -0.2) is 0 Å². The van der Waals surface area contributed by atoms with Gasteiger partial charge in [-0.1, -0.05) is 107 Å². The molecule has 0 radical (unpaired) electrons. The molecule has 0 spiro atoms. The molecule has 1 rings (SSSR count). The Balaban J connectivity index is 1.89. The molecule has 0 bridgehead atoms. The molecular formula is C22H38. The third-order valence-corrected chi connectivity index (χ3v) is 4.60. The van der Waals surface area contributed by atoms with Crippen LogP contribution in [0.4, 0.5) is 0 Å². The lowest BCUT2D eigenvalue weighted by Crippen LogP contribution is -1.89. The lowest BCUT2D eigenvalue weighted by Gasteiger charge is -2.05. The van der Waals surface area contributed by atoms with E-state index in [1.54, 1.807) is 0 Å². The first-order chi connectivity index (χ1) is 10.7. The summed E-state index contributed by atoms with van der Waals surface area (Å²) in [6.07, 6.45) is 18.5. The highest BCUT2D eigenvalue weighted by molar-refractivity contribution is 5.28. The summed E-state index contributed by atoms with van der Waals surface area (Å²) in [4.78, 5) is 0. The van der Waals surface area contributed by atoms with Crippen molar-refractivity contribution in [3.8, 4) is 0 Å². The van der Waals surface area contributed by atoms with Crippen molar-refractivity contribution in [1.82, 2.24) is 0 Å². The lowest BCUT2D eigenvalue weighted by atomic mass is 10.0. The fourth-order valence-electron chi connectivity index (χ4n) is 3.38. The molecule has 0 unspecified atom stereocenters. The maximum atomic E-state index is 2.35. The number of rotatable bonds is 13.